The molecule has 1 heterocycles. The maximum Gasteiger partial charge on any atom is 0.159 e. The third kappa shape index (κ3) is 4.81. The molecule has 0 fully saturated rings. The predicted octanol–water partition coefficient (Wildman–Crippen LogP) is 15.0. The van der Waals surface area contributed by atoms with E-state index in [0.29, 0.717) is 0 Å². The van der Waals surface area contributed by atoms with Gasteiger partial charge in [0.25, 0.3) is 0 Å². The summed E-state index contributed by atoms with van der Waals surface area (Å²) in [7, 11) is 0. The lowest BCUT2D eigenvalue weighted by Crippen LogP contribution is -2.10. The van der Waals surface area contributed by atoms with E-state index in [2.05, 4.69) is 199 Å². The first-order valence-electron chi connectivity index (χ1n) is 18.5. The Morgan fingerprint density at radius 1 is 0.315 bits per heavy atom. The number of para-hydroxylation sites is 2. The van der Waals surface area contributed by atoms with Gasteiger partial charge in [0.05, 0.1) is 5.69 Å². The van der Waals surface area contributed by atoms with Gasteiger partial charge in [0.1, 0.15) is 5.58 Å². The summed E-state index contributed by atoms with van der Waals surface area (Å²) in [6, 6.07) is 72.3. The van der Waals surface area contributed by atoms with E-state index >= 15 is 0 Å². The highest BCUT2D eigenvalue weighted by molar-refractivity contribution is 6.26. The Bertz CT molecular complexity index is 3200. The van der Waals surface area contributed by atoms with Gasteiger partial charge in [-0.15, -0.1) is 0 Å². The van der Waals surface area contributed by atoms with Gasteiger partial charge in [-0.2, -0.15) is 0 Å². The second kappa shape index (κ2) is 12.2. The molecule has 0 bridgehead atoms. The van der Waals surface area contributed by atoms with Crippen LogP contribution in [-0.4, -0.2) is 0 Å². The van der Waals surface area contributed by atoms with E-state index in [0.717, 1.165) is 44.6 Å². The molecule has 0 unspecified atom stereocenters. The van der Waals surface area contributed by atoms with Crippen molar-refractivity contribution >= 4 is 82.1 Å². The molecule has 252 valence electrons. The van der Waals surface area contributed by atoms with Crippen LogP contribution in [0, 0.1) is 0 Å². The molecule has 2 nitrogen and oxygen atoms in total. The van der Waals surface area contributed by atoms with Crippen molar-refractivity contribution in [2.45, 2.75) is 0 Å². The molecule has 11 aromatic rings. The van der Waals surface area contributed by atoms with Crippen molar-refractivity contribution in [2.75, 3.05) is 4.90 Å². The first-order chi connectivity index (χ1) is 26.8. The average Bonchev–Trinajstić information content (AvgIpc) is 3.63. The maximum absolute atomic E-state index is 6.70. The number of rotatable bonds is 5. The zero-order valence-electron chi connectivity index (χ0n) is 29.4. The first kappa shape index (κ1) is 30.5. The molecular weight excluding hydrogens is 655 g/mol. The third-order valence-corrected chi connectivity index (χ3v) is 11.0. The summed E-state index contributed by atoms with van der Waals surface area (Å²) in [5, 5.41) is 12.2. The van der Waals surface area contributed by atoms with Crippen molar-refractivity contribution in [3.63, 3.8) is 0 Å². The largest absolute Gasteiger partial charge is 0.454 e. The quantitative estimate of drug-likeness (QED) is 0.168. The minimum atomic E-state index is 0.866. The van der Waals surface area contributed by atoms with Crippen molar-refractivity contribution in [2.24, 2.45) is 0 Å². The zero-order valence-corrected chi connectivity index (χ0v) is 29.4. The van der Waals surface area contributed by atoms with Crippen LogP contribution in [0.4, 0.5) is 17.1 Å². The maximum atomic E-state index is 6.70. The van der Waals surface area contributed by atoms with Crippen molar-refractivity contribution in [3.8, 4) is 22.3 Å². The molecule has 0 saturated carbocycles. The SMILES string of the molecule is c1cc(-c2cccc(N(c3ccc4c5ccccc5c5ccccc5c4c3)c3cccc4c3oc3ccccc34)c2)cc(-c2cccc3ccccc23)c1. The number of hydrogen-bond acceptors (Lipinski definition) is 2. The molecule has 11 rings (SSSR count). The fraction of sp³-hybridized carbons (Fsp3) is 0. The summed E-state index contributed by atoms with van der Waals surface area (Å²) >= 11 is 0. The summed E-state index contributed by atoms with van der Waals surface area (Å²) in [5.41, 5.74) is 9.62. The van der Waals surface area contributed by atoms with E-state index in [-0.39, 0.29) is 0 Å². The lowest BCUT2D eigenvalue weighted by atomic mass is 9.93. The third-order valence-electron chi connectivity index (χ3n) is 11.0. The molecule has 0 spiro atoms. The van der Waals surface area contributed by atoms with Gasteiger partial charge in [0.2, 0.25) is 0 Å². The highest BCUT2D eigenvalue weighted by Crippen LogP contribution is 2.45. The number of furan rings is 1. The molecule has 54 heavy (non-hydrogen) atoms. The molecular formula is C52H33NO. The Morgan fingerprint density at radius 2 is 0.852 bits per heavy atom. The average molecular weight is 688 g/mol. The number of benzene rings is 10. The van der Waals surface area contributed by atoms with Crippen LogP contribution in [0.5, 0.6) is 0 Å². The number of hydrogen-bond donors (Lipinski definition) is 0. The second-order valence-corrected chi connectivity index (χ2v) is 14.1. The summed E-state index contributed by atoms with van der Waals surface area (Å²) in [5.74, 6) is 0. The summed E-state index contributed by atoms with van der Waals surface area (Å²) < 4.78 is 6.70. The van der Waals surface area contributed by atoms with E-state index in [1.807, 2.05) is 6.07 Å². The van der Waals surface area contributed by atoms with E-state index in [4.69, 9.17) is 4.42 Å². The fourth-order valence-corrected chi connectivity index (χ4v) is 8.54. The van der Waals surface area contributed by atoms with Crippen molar-refractivity contribution < 1.29 is 4.42 Å². The molecule has 0 radical (unpaired) electrons. The van der Waals surface area contributed by atoms with Crippen LogP contribution >= 0.6 is 0 Å². The summed E-state index contributed by atoms with van der Waals surface area (Å²) in [6.45, 7) is 0. The van der Waals surface area contributed by atoms with Gasteiger partial charge in [0.15, 0.2) is 5.58 Å². The highest BCUT2D eigenvalue weighted by atomic mass is 16.3. The van der Waals surface area contributed by atoms with Crippen LogP contribution in [0.1, 0.15) is 0 Å². The van der Waals surface area contributed by atoms with Crippen LogP contribution in [0.15, 0.2) is 205 Å². The monoisotopic (exact) mass is 687 g/mol. The molecule has 1 aromatic heterocycles. The molecule has 10 aromatic carbocycles. The Labute approximate surface area is 312 Å². The Morgan fingerprint density at radius 3 is 1.65 bits per heavy atom. The first-order valence-corrected chi connectivity index (χ1v) is 18.5. The molecule has 0 saturated heterocycles. The Hall–Kier alpha value is -7.16. The molecule has 0 aliphatic heterocycles. The van der Waals surface area contributed by atoms with Gasteiger partial charge in [-0.1, -0.05) is 158 Å². The van der Waals surface area contributed by atoms with Crippen molar-refractivity contribution in [1.29, 1.82) is 0 Å². The smallest absolute Gasteiger partial charge is 0.159 e. The van der Waals surface area contributed by atoms with Gasteiger partial charge in [-0.3, -0.25) is 0 Å². The molecule has 0 aliphatic rings. The van der Waals surface area contributed by atoms with Crippen molar-refractivity contribution in [1.82, 2.24) is 0 Å². The van der Waals surface area contributed by atoms with Crippen LogP contribution in [0.3, 0.4) is 0 Å². The Balaban J connectivity index is 1.14. The van der Waals surface area contributed by atoms with E-state index < -0.39 is 0 Å². The molecule has 0 atom stereocenters. The number of nitrogens with zero attached hydrogens (tertiary/aromatic N) is 1. The molecule has 0 amide bonds. The molecule has 0 N–H and O–H groups in total. The molecule has 0 aliphatic carbocycles. The highest BCUT2D eigenvalue weighted by Gasteiger charge is 2.21. The van der Waals surface area contributed by atoms with E-state index in [1.54, 1.807) is 0 Å². The number of fused-ring (bicyclic) bond motifs is 10. The van der Waals surface area contributed by atoms with Gasteiger partial charge in [-0.25, -0.2) is 0 Å². The summed E-state index contributed by atoms with van der Waals surface area (Å²) in [6.07, 6.45) is 0. The van der Waals surface area contributed by atoms with Crippen LogP contribution in [0.25, 0.3) is 87.3 Å². The van der Waals surface area contributed by atoms with Crippen LogP contribution in [0.2, 0.25) is 0 Å². The normalized spacial score (nSPS) is 11.7. The van der Waals surface area contributed by atoms with Crippen LogP contribution in [-0.2, 0) is 0 Å². The summed E-state index contributed by atoms with van der Waals surface area (Å²) in [4.78, 5) is 2.37. The topological polar surface area (TPSA) is 16.4 Å². The second-order valence-electron chi connectivity index (χ2n) is 14.1. The van der Waals surface area contributed by atoms with Crippen molar-refractivity contribution in [3.05, 3.63) is 200 Å². The minimum absolute atomic E-state index is 0.866. The zero-order chi connectivity index (χ0) is 35.6. The van der Waals surface area contributed by atoms with E-state index in [9.17, 15) is 0 Å². The standard InChI is InChI=1S/C52H33NO/c1-2-19-40-34(13-1)14-11-25-41(40)37-17-9-15-35(31-37)36-16-10-18-38(32-36)53(50-27-12-26-48-47-24-7-8-28-51(47)54-52(48)50)39-29-30-46-44-22-4-3-20-42(44)43-21-5-6-23-45(43)49(46)33-39/h1-33H. The van der Waals surface area contributed by atoms with E-state index in [1.165, 1.54) is 59.8 Å². The van der Waals surface area contributed by atoms with Gasteiger partial charge >= 0.3 is 0 Å². The van der Waals surface area contributed by atoms with Crippen LogP contribution < -0.4 is 4.90 Å². The lowest BCUT2D eigenvalue weighted by Gasteiger charge is -2.27. The van der Waals surface area contributed by atoms with Gasteiger partial charge < -0.3 is 9.32 Å². The predicted molar refractivity (Wildman–Crippen MR) is 229 cm³/mol. The Kier molecular flexibility index (Phi) is 6.90. The molecule has 2 heteroatoms. The minimum Gasteiger partial charge on any atom is -0.454 e. The number of anilines is 3. The van der Waals surface area contributed by atoms with Gasteiger partial charge in [0, 0.05) is 22.1 Å². The fourth-order valence-electron chi connectivity index (χ4n) is 8.54. The van der Waals surface area contributed by atoms with Gasteiger partial charge in [-0.05, 0) is 108 Å². The lowest BCUT2D eigenvalue weighted by molar-refractivity contribution is 0.669.